The van der Waals surface area contributed by atoms with Crippen molar-refractivity contribution >= 4 is 7.60 Å². The fraction of sp³-hybridized carbons (Fsp3) is 0.346. The normalized spacial score (nSPS) is 13.4. The maximum Gasteiger partial charge on any atom is 0.325 e. The zero-order valence-corrected chi connectivity index (χ0v) is 20.3. The van der Waals surface area contributed by atoms with E-state index in [4.69, 9.17) is 4.74 Å². The van der Waals surface area contributed by atoms with E-state index in [9.17, 15) is 18.7 Å². The summed E-state index contributed by atoms with van der Waals surface area (Å²) in [7, 11) is -4.11. The Morgan fingerprint density at radius 1 is 0.971 bits per heavy atom. The summed E-state index contributed by atoms with van der Waals surface area (Å²) in [6, 6.07) is 19.5. The number of ether oxygens (including phenoxy) is 1. The molecule has 0 saturated heterocycles. The van der Waals surface area contributed by atoms with Gasteiger partial charge >= 0.3 is 7.60 Å². The van der Waals surface area contributed by atoms with Crippen molar-refractivity contribution in [1.29, 1.82) is 0 Å². The lowest BCUT2D eigenvalue weighted by molar-refractivity contribution is 0.306. The number of nitrogens with zero attached hydrogens (tertiary/aromatic N) is 1. The van der Waals surface area contributed by atoms with Crippen LogP contribution in [0.5, 0.6) is 5.75 Å². The first-order valence-electron chi connectivity index (χ1n) is 11.6. The van der Waals surface area contributed by atoms with Gasteiger partial charge in [-0.05, 0) is 66.9 Å². The molecule has 1 unspecified atom stereocenters. The van der Waals surface area contributed by atoms with Crippen molar-refractivity contribution in [3.8, 4) is 5.75 Å². The largest absolute Gasteiger partial charge is 0.494 e. The van der Waals surface area contributed by atoms with Gasteiger partial charge < -0.3 is 14.5 Å². The van der Waals surface area contributed by atoms with E-state index in [0.29, 0.717) is 18.8 Å². The maximum absolute atomic E-state index is 13.8. The summed E-state index contributed by atoms with van der Waals surface area (Å²) >= 11 is 0. The Bertz CT molecular complexity index is 1060. The van der Waals surface area contributed by atoms with Crippen LogP contribution in [0.15, 0.2) is 72.9 Å². The molecule has 2 aromatic carbocycles. The summed E-state index contributed by atoms with van der Waals surface area (Å²) < 4.78 is 31.0. The highest BCUT2D eigenvalue weighted by Gasteiger charge is 2.37. The molecule has 0 fully saturated rings. The molecule has 0 bridgehead atoms. The number of hydrogen-bond acceptors (Lipinski definition) is 4. The number of aromatic nitrogens is 1. The molecule has 3 rings (SSSR count). The number of nitrogens with one attached hydrogen (secondary N) is 1. The summed E-state index contributed by atoms with van der Waals surface area (Å²) in [4.78, 5) is 23.2. The maximum atomic E-state index is 13.8. The number of rotatable bonds is 13. The molecule has 6 nitrogen and oxygen atoms in total. The molecule has 0 amide bonds. The topological polar surface area (TPSA) is 91.7 Å². The van der Waals surface area contributed by atoms with Crippen molar-refractivity contribution in [2.75, 3.05) is 19.3 Å². The molecule has 1 aromatic heterocycles. The summed E-state index contributed by atoms with van der Waals surface area (Å²) in [5.41, 5.74) is 1.36. The van der Waals surface area contributed by atoms with Gasteiger partial charge in [0.1, 0.15) is 17.1 Å². The zero-order chi connectivity index (χ0) is 24.4. The van der Waals surface area contributed by atoms with E-state index < -0.39 is 13.1 Å². The quantitative estimate of drug-likeness (QED) is 0.226. The smallest absolute Gasteiger partial charge is 0.325 e. The molecule has 8 heteroatoms. The molecule has 34 heavy (non-hydrogen) atoms. The van der Waals surface area contributed by atoms with Crippen molar-refractivity contribution in [3.63, 3.8) is 0 Å². The minimum Gasteiger partial charge on any atom is -0.494 e. The van der Waals surface area contributed by atoms with Crippen LogP contribution in [0, 0.1) is 5.82 Å². The van der Waals surface area contributed by atoms with Crippen LogP contribution in [-0.2, 0) is 10.1 Å². The second kappa shape index (κ2) is 12.2. The van der Waals surface area contributed by atoms with Crippen LogP contribution in [-0.4, -0.2) is 34.1 Å². The molecule has 0 aliphatic heterocycles. The molecule has 0 spiro atoms. The van der Waals surface area contributed by atoms with Crippen LogP contribution in [0.1, 0.15) is 49.4 Å². The fourth-order valence-electron chi connectivity index (χ4n) is 3.95. The van der Waals surface area contributed by atoms with Gasteiger partial charge in [-0.2, -0.15) is 0 Å². The molecule has 1 heterocycles. The molecule has 182 valence electrons. The SMILES string of the molecule is CCCCCOc1ccc(C(NCCCP(=O)(O)O)(c2ccc(F)cc2)c2ccccn2)cc1. The first-order valence-corrected chi connectivity index (χ1v) is 13.4. The highest BCUT2D eigenvalue weighted by Crippen LogP contribution is 2.38. The van der Waals surface area contributed by atoms with Crippen molar-refractivity contribution in [1.82, 2.24) is 10.3 Å². The molecule has 3 N–H and O–H groups in total. The number of unbranched alkanes of at least 4 members (excludes halogenated alkanes) is 2. The first-order chi connectivity index (χ1) is 16.3. The number of pyridine rings is 1. The Labute approximate surface area is 200 Å². The zero-order valence-electron chi connectivity index (χ0n) is 19.4. The van der Waals surface area contributed by atoms with Crippen LogP contribution in [0.2, 0.25) is 0 Å². The van der Waals surface area contributed by atoms with E-state index in [1.807, 2.05) is 42.5 Å². The fourth-order valence-corrected chi connectivity index (χ4v) is 4.52. The molecular weight excluding hydrogens is 454 g/mol. The Morgan fingerprint density at radius 3 is 2.24 bits per heavy atom. The third kappa shape index (κ3) is 6.97. The predicted octanol–water partition coefficient (Wildman–Crippen LogP) is 5.24. The van der Waals surface area contributed by atoms with Crippen molar-refractivity contribution in [2.24, 2.45) is 0 Å². The van der Waals surface area contributed by atoms with Gasteiger partial charge in [0.25, 0.3) is 0 Å². The van der Waals surface area contributed by atoms with Crippen LogP contribution in [0.25, 0.3) is 0 Å². The Kier molecular flexibility index (Phi) is 9.36. The molecule has 0 saturated carbocycles. The lowest BCUT2D eigenvalue weighted by Gasteiger charge is -2.36. The third-order valence-corrected chi connectivity index (χ3v) is 6.55. The highest BCUT2D eigenvalue weighted by molar-refractivity contribution is 7.51. The van der Waals surface area contributed by atoms with Crippen LogP contribution >= 0.6 is 7.60 Å². The van der Waals surface area contributed by atoms with Gasteiger partial charge in [0, 0.05) is 6.20 Å². The first kappa shape index (κ1) is 26.0. The summed E-state index contributed by atoms with van der Waals surface area (Å²) in [6.45, 7) is 3.11. The van der Waals surface area contributed by atoms with Crippen LogP contribution < -0.4 is 10.1 Å². The van der Waals surface area contributed by atoms with Gasteiger partial charge in [-0.1, -0.05) is 50.1 Å². The molecule has 0 radical (unpaired) electrons. The summed E-state index contributed by atoms with van der Waals surface area (Å²) in [5.74, 6) is 0.409. The van der Waals surface area contributed by atoms with E-state index >= 15 is 0 Å². The summed E-state index contributed by atoms with van der Waals surface area (Å²) in [5, 5.41) is 3.48. The standard InChI is InChI=1S/C26H32FN2O4P/c1-2-3-6-19-33-24-15-11-22(12-16-24)26(25-8-4-5-17-28-25,21-9-13-23(27)14-10-21)29-18-7-20-34(30,31)32/h4-5,8-17,29H,2-3,6-7,18-20H2,1H3,(H2,30,31,32). The van der Waals surface area contributed by atoms with E-state index in [2.05, 4.69) is 17.2 Å². The lowest BCUT2D eigenvalue weighted by atomic mass is 9.79. The van der Waals surface area contributed by atoms with Crippen LogP contribution in [0.3, 0.4) is 0 Å². The molecule has 3 aromatic rings. The van der Waals surface area contributed by atoms with E-state index in [1.165, 1.54) is 12.1 Å². The molecule has 1 atom stereocenters. The van der Waals surface area contributed by atoms with Crippen LogP contribution in [0.4, 0.5) is 4.39 Å². The van der Waals surface area contributed by atoms with Crippen molar-refractivity contribution < 1.29 is 23.5 Å². The highest BCUT2D eigenvalue weighted by atomic mass is 31.2. The predicted molar refractivity (Wildman–Crippen MR) is 132 cm³/mol. The van der Waals surface area contributed by atoms with Gasteiger partial charge in [0.2, 0.25) is 0 Å². The number of halogens is 1. The minimum atomic E-state index is -4.11. The average molecular weight is 487 g/mol. The van der Waals surface area contributed by atoms with Gasteiger partial charge in [-0.25, -0.2) is 4.39 Å². The second-order valence-electron chi connectivity index (χ2n) is 8.22. The van der Waals surface area contributed by atoms with Gasteiger partial charge in [0.05, 0.1) is 18.5 Å². The van der Waals surface area contributed by atoms with E-state index in [0.717, 1.165) is 36.1 Å². The lowest BCUT2D eigenvalue weighted by Crippen LogP contribution is -2.46. The monoisotopic (exact) mass is 486 g/mol. The van der Waals surface area contributed by atoms with Gasteiger partial charge in [-0.15, -0.1) is 0 Å². The molecule has 0 aliphatic rings. The molecule has 0 aliphatic carbocycles. The Balaban J connectivity index is 2.00. The second-order valence-corrected chi connectivity index (χ2v) is 10.00. The van der Waals surface area contributed by atoms with E-state index in [-0.39, 0.29) is 18.4 Å². The van der Waals surface area contributed by atoms with Crippen molar-refractivity contribution in [3.05, 3.63) is 95.6 Å². The Morgan fingerprint density at radius 2 is 1.65 bits per heavy atom. The minimum absolute atomic E-state index is 0.230. The molecular formula is C26H32FN2O4P. The van der Waals surface area contributed by atoms with Crippen molar-refractivity contribution in [2.45, 2.75) is 38.1 Å². The summed E-state index contributed by atoms with van der Waals surface area (Å²) in [6.07, 6.45) is 4.96. The third-order valence-electron chi connectivity index (χ3n) is 5.65. The Hall–Kier alpha value is -2.57. The van der Waals surface area contributed by atoms with E-state index in [1.54, 1.807) is 18.3 Å². The van der Waals surface area contributed by atoms with Gasteiger partial charge in [0.15, 0.2) is 0 Å². The number of hydrogen-bond donors (Lipinski definition) is 3. The number of benzene rings is 2. The van der Waals surface area contributed by atoms with Gasteiger partial charge in [-0.3, -0.25) is 14.9 Å². The average Bonchev–Trinajstić information content (AvgIpc) is 2.83.